The number of rotatable bonds is 4. The van der Waals surface area contributed by atoms with Crippen molar-refractivity contribution in [2.45, 2.75) is 6.54 Å². The van der Waals surface area contributed by atoms with E-state index < -0.39 is 4.92 Å². The fourth-order valence-electron chi connectivity index (χ4n) is 2.29. The summed E-state index contributed by atoms with van der Waals surface area (Å²) in [6.07, 6.45) is 0. The molecule has 8 nitrogen and oxygen atoms in total. The molecule has 23 heavy (non-hydrogen) atoms. The molecule has 8 heteroatoms. The Labute approximate surface area is 129 Å². The number of H-pyrrole nitrogens is 2. The van der Waals surface area contributed by atoms with E-state index in [1.807, 2.05) is 12.1 Å². The number of fused-ring (bicyclic) bond motifs is 1. The van der Waals surface area contributed by atoms with Crippen molar-refractivity contribution in [1.82, 2.24) is 9.97 Å². The highest BCUT2D eigenvalue weighted by Gasteiger charge is 2.14. The summed E-state index contributed by atoms with van der Waals surface area (Å²) in [5.41, 5.74) is 2.34. The van der Waals surface area contributed by atoms with E-state index in [0.717, 1.165) is 5.56 Å². The zero-order valence-corrected chi connectivity index (χ0v) is 11.8. The van der Waals surface area contributed by atoms with Crippen molar-refractivity contribution in [3.8, 4) is 6.07 Å². The monoisotopic (exact) mass is 309 g/mol. The van der Waals surface area contributed by atoms with E-state index in [4.69, 9.17) is 5.26 Å². The van der Waals surface area contributed by atoms with Gasteiger partial charge in [0.05, 0.1) is 27.6 Å². The van der Waals surface area contributed by atoms with Gasteiger partial charge in [0.25, 0.3) is 5.69 Å². The number of imidazole rings is 1. The number of hydrogen-bond donors (Lipinski definition) is 3. The quantitative estimate of drug-likeness (QED) is 0.503. The third-order valence-corrected chi connectivity index (χ3v) is 3.39. The number of nitro groups is 1. The largest absolute Gasteiger partial charge is 0.375 e. The van der Waals surface area contributed by atoms with Gasteiger partial charge in [-0.3, -0.25) is 10.1 Å². The molecule has 0 aliphatic carbocycles. The summed E-state index contributed by atoms with van der Waals surface area (Å²) >= 11 is 0. The minimum Gasteiger partial charge on any atom is -0.375 e. The zero-order valence-electron chi connectivity index (χ0n) is 11.8. The SMILES string of the molecule is N#Cc1ccc(NCc2ccc3[nH]c(=O)[nH]c3c2)c([N+](=O)[O-])c1. The molecule has 0 radical (unpaired) electrons. The Kier molecular flexibility index (Phi) is 3.52. The molecule has 1 heterocycles. The third-order valence-electron chi connectivity index (χ3n) is 3.39. The maximum atomic E-state index is 11.2. The number of nitriles is 1. The molecule has 0 amide bonds. The molecular weight excluding hydrogens is 298 g/mol. The van der Waals surface area contributed by atoms with Crippen molar-refractivity contribution in [3.63, 3.8) is 0 Å². The zero-order chi connectivity index (χ0) is 16.4. The summed E-state index contributed by atoms with van der Waals surface area (Å²) in [6.45, 7) is 0.343. The van der Waals surface area contributed by atoms with Crippen molar-refractivity contribution >= 4 is 22.4 Å². The highest BCUT2D eigenvalue weighted by molar-refractivity contribution is 5.75. The molecule has 1 aromatic heterocycles. The fraction of sp³-hybridized carbons (Fsp3) is 0.0667. The van der Waals surface area contributed by atoms with Gasteiger partial charge < -0.3 is 15.3 Å². The van der Waals surface area contributed by atoms with Crippen LogP contribution in [0.25, 0.3) is 11.0 Å². The molecule has 0 atom stereocenters. The summed E-state index contributed by atoms with van der Waals surface area (Å²) in [4.78, 5) is 27.1. The minimum atomic E-state index is -0.532. The Balaban J connectivity index is 1.85. The lowest BCUT2D eigenvalue weighted by Gasteiger charge is -2.07. The van der Waals surface area contributed by atoms with Crippen molar-refractivity contribution in [3.05, 3.63) is 68.1 Å². The minimum absolute atomic E-state index is 0.153. The van der Waals surface area contributed by atoms with Gasteiger partial charge in [-0.05, 0) is 29.8 Å². The first-order valence-corrected chi connectivity index (χ1v) is 6.70. The summed E-state index contributed by atoms with van der Waals surface area (Å²) in [6, 6.07) is 11.5. The Hall–Kier alpha value is -3.60. The van der Waals surface area contributed by atoms with Gasteiger partial charge in [0.1, 0.15) is 5.69 Å². The standard InChI is InChI=1S/C15H11N5O3/c16-7-9-1-4-12(14(6-9)20(22)23)17-8-10-2-3-11-13(5-10)19-15(21)18-11/h1-6,17H,8H2,(H2,18,19,21). The second kappa shape index (κ2) is 5.65. The maximum absolute atomic E-state index is 11.2. The number of aromatic nitrogens is 2. The molecule has 0 bridgehead atoms. The summed E-state index contributed by atoms with van der Waals surface area (Å²) < 4.78 is 0. The highest BCUT2D eigenvalue weighted by Crippen LogP contribution is 2.26. The molecule has 0 spiro atoms. The Morgan fingerprint density at radius 2 is 1.96 bits per heavy atom. The van der Waals surface area contributed by atoms with Crippen molar-refractivity contribution in [2.24, 2.45) is 0 Å². The molecule has 0 aliphatic rings. The third kappa shape index (κ3) is 2.89. The second-order valence-electron chi connectivity index (χ2n) is 4.91. The van der Waals surface area contributed by atoms with E-state index >= 15 is 0 Å². The number of anilines is 1. The van der Waals surface area contributed by atoms with Gasteiger partial charge in [-0.1, -0.05) is 6.07 Å². The van der Waals surface area contributed by atoms with E-state index in [2.05, 4.69) is 15.3 Å². The Bertz CT molecular complexity index is 996. The van der Waals surface area contributed by atoms with Crippen LogP contribution in [-0.4, -0.2) is 14.9 Å². The van der Waals surface area contributed by atoms with Gasteiger partial charge in [-0.15, -0.1) is 0 Å². The number of aromatic amines is 2. The van der Waals surface area contributed by atoms with Crippen LogP contribution in [0.3, 0.4) is 0 Å². The molecule has 114 valence electrons. The normalized spacial score (nSPS) is 10.4. The summed E-state index contributed by atoms with van der Waals surface area (Å²) in [7, 11) is 0. The van der Waals surface area contributed by atoms with Gasteiger partial charge in [-0.25, -0.2) is 4.79 Å². The predicted octanol–water partition coefficient (Wildman–Crippen LogP) is 2.25. The molecule has 0 saturated carbocycles. The molecule has 0 fully saturated rings. The lowest BCUT2D eigenvalue weighted by molar-refractivity contribution is -0.384. The molecule has 0 unspecified atom stereocenters. The number of benzene rings is 2. The maximum Gasteiger partial charge on any atom is 0.323 e. The summed E-state index contributed by atoms with van der Waals surface area (Å²) in [5, 5.41) is 22.9. The Morgan fingerprint density at radius 1 is 1.17 bits per heavy atom. The summed E-state index contributed by atoms with van der Waals surface area (Å²) in [5.74, 6) is 0. The van der Waals surface area contributed by atoms with E-state index in [1.54, 1.807) is 12.1 Å². The average molecular weight is 309 g/mol. The fourth-order valence-corrected chi connectivity index (χ4v) is 2.29. The lowest BCUT2D eigenvalue weighted by atomic mass is 10.1. The average Bonchev–Trinajstić information content (AvgIpc) is 2.91. The van der Waals surface area contributed by atoms with Gasteiger partial charge in [-0.2, -0.15) is 5.26 Å². The molecule has 3 aromatic rings. The first-order chi connectivity index (χ1) is 11.1. The van der Waals surface area contributed by atoms with Crippen LogP contribution in [0.1, 0.15) is 11.1 Å². The molecule has 0 saturated heterocycles. The molecule has 3 rings (SSSR count). The van der Waals surface area contributed by atoms with Crippen LogP contribution in [0, 0.1) is 21.4 Å². The molecular formula is C15H11N5O3. The lowest BCUT2D eigenvalue weighted by Crippen LogP contribution is -2.03. The van der Waals surface area contributed by atoms with E-state index in [9.17, 15) is 14.9 Å². The predicted molar refractivity (Wildman–Crippen MR) is 84.1 cm³/mol. The van der Waals surface area contributed by atoms with E-state index in [-0.39, 0.29) is 16.9 Å². The number of nitrogens with zero attached hydrogens (tertiary/aromatic N) is 2. The van der Waals surface area contributed by atoms with Crippen molar-refractivity contribution in [2.75, 3.05) is 5.32 Å². The van der Waals surface area contributed by atoms with Gasteiger partial charge in [0.2, 0.25) is 0 Å². The van der Waals surface area contributed by atoms with Crippen LogP contribution < -0.4 is 11.0 Å². The number of hydrogen-bond acceptors (Lipinski definition) is 5. The van der Waals surface area contributed by atoms with Crippen molar-refractivity contribution < 1.29 is 4.92 Å². The van der Waals surface area contributed by atoms with Gasteiger partial charge in [0, 0.05) is 12.6 Å². The first-order valence-electron chi connectivity index (χ1n) is 6.70. The number of nitro benzene ring substituents is 1. The molecule has 2 aromatic carbocycles. The van der Waals surface area contributed by atoms with Crippen LogP contribution in [0.4, 0.5) is 11.4 Å². The topological polar surface area (TPSA) is 128 Å². The second-order valence-corrected chi connectivity index (χ2v) is 4.91. The van der Waals surface area contributed by atoms with Gasteiger partial charge in [0.15, 0.2) is 0 Å². The van der Waals surface area contributed by atoms with Crippen LogP contribution in [0.5, 0.6) is 0 Å². The smallest absolute Gasteiger partial charge is 0.323 e. The van der Waals surface area contributed by atoms with E-state index in [1.165, 1.54) is 18.2 Å². The molecule has 3 N–H and O–H groups in total. The van der Waals surface area contributed by atoms with E-state index in [0.29, 0.717) is 23.3 Å². The van der Waals surface area contributed by atoms with Crippen LogP contribution in [0.15, 0.2) is 41.2 Å². The molecule has 0 aliphatic heterocycles. The van der Waals surface area contributed by atoms with Gasteiger partial charge >= 0.3 is 5.69 Å². The van der Waals surface area contributed by atoms with Crippen LogP contribution >= 0.6 is 0 Å². The first kappa shape index (κ1) is 14.3. The highest BCUT2D eigenvalue weighted by atomic mass is 16.6. The van der Waals surface area contributed by atoms with Crippen molar-refractivity contribution in [1.29, 1.82) is 5.26 Å². The van der Waals surface area contributed by atoms with Crippen LogP contribution in [0.2, 0.25) is 0 Å². The van der Waals surface area contributed by atoms with Crippen LogP contribution in [-0.2, 0) is 6.54 Å². The number of nitrogens with one attached hydrogen (secondary N) is 3. The Morgan fingerprint density at radius 3 is 2.70 bits per heavy atom.